The highest BCUT2D eigenvalue weighted by molar-refractivity contribution is 5.74. The van der Waals surface area contributed by atoms with Gasteiger partial charge in [0.15, 0.2) is 23.0 Å². The average Bonchev–Trinajstić information content (AvgIpc) is 3.07. The van der Waals surface area contributed by atoms with Crippen LogP contribution in [-0.4, -0.2) is 32.1 Å². The lowest BCUT2D eigenvalue weighted by Crippen LogP contribution is -2.39. The second-order valence-electron chi connectivity index (χ2n) is 8.28. The van der Waals surface area contributed by atoms with Gasteiger partial charge < -0.3 is 23.7 Å². The highest BCUT2D eigenvalue weighted by Gasteiger charge is 2.37. The third-order valence-electron chi connectivity index (χ3n) is 6.03. The van der Waals surface area contributed by atoms with Gasteiger partial charge in [0.25, 0.3) is 0 Å². The van der Waals surface area contributed by atoms with Crippen LogP contribution in [0, 0.1) is 11.8 Å². The third kappa shape index (κ3) is 3.91. The van der Waals surface area contributed by atoms with Crippen molar-refractivity contribution >= 4 is 5.97 Å². The first-order valence-corrected chi connectivity index (χ1v) is 10.6. The summed E-state index contributed by atoms with van der Waals surface area (Å²) in [6, 6.07) is 12.0. The van der Waals surface area contributed by atoms with Crippen molar-refractivity contribution in [2.24, 2.45) is 11.8 Å². The zero-order valence-electron chi connectivity index (χ0n) is 17.1. The fourth-order valence-corrected chi connectivity index (χ4v) is 4.55. The summed E-state index contributed by atoms with van der Waals surface area (Å²) in [6.07, 6.45) is 3.06. The fraction of sp³-hybridized carbons (Fsp3) is 0.458. The van der Waals surface area contributed by atoms with Crippen LogP contribution >= 0.6 is 0 Å². The lowest BCUT2D eigenvalue weighted by Gasteiger charge is -2.34. The minimum atomic E-state index is -0.198. The summed E-state index contributed by atoms with van der Waals surface area (Å²) in [7, 11) is 0. The molecule has 0 radical (unpaired) electrons. The molecular weight excluding hydrogens is 384 g/mol. The van der Waals surface area contributed by atoms with E-state index in [9.17, 15) is 4.79 Å². The molecule has 2 aromatic rings. The zero-order valence-corrected chi connectivity index (χ0v) is 17.1. The Morgan fingerprint density at radius 3 is 2.27 bits per heavy atom. The lowest BCUT2D eigenvalue weighted by atomic mass is 9.78. The molecule has 0 saturated carbocycles. The molecule has 1 fully saturated rings. The van der Waals surface area contributed by atoms with E-state index < -0.39 is 0 Å². The SMILES string of the molecule is CC1C[C@H](Cc2ccc3c(c2)OCO3)[C@@H](Cc2ccc3c(c2)OCCCO3)C(=O)O1. The molecule has 5 rings (SSSR count). The predicted octanol–water partition coefficient (Wildman–Crippen LogP) is 3.93. The highest BCUT2D eigenvalue weighted by Crippen LogP contribution is 2.38. The molecule has 0 aliphatic carbocycles. The standard InChI is InChI=1S/C24H26O6/c1-15-9-18(10-16-3-6-21-23(12-16)29-14-28-21)19(24(25)30-15)11-17-4-5-20-22(13-17)27-8-2-7-26-20/h3-6,12-13,15,18-19H,2,7-11,14H2,1H3/t15?,18-,19-/m1/s1. The van der Waals surface area contributed by atoms with E-state index >= 15 is 0 Å². The van der Waals surface area contributed by atoms with E-state index in [4.69, 9.17) is 23.7 Å². The quantitative estimate of drug-likeness (QED) is 0.712. The maximum Gasteiger partial charge on any atom is 0.309 e. The van der Waals surface area contributed by atoms with Gasteiger partial charge in [-0.25, -0.2) is 0 Å². The number of hydrogen-bond donors (Lipinski definition) is 0. The van der Waals surface area contributed by atoms with Crippen molar-refractivity contribution in [3.8, 4) is 23.0 Å². The van der Waals surface area contributed by atoms with E-state index in [-0.39, 0.29) is 30.7 Å². The van der Waals surface area contributed by atoms with Crippen molar-refractivity contribution in [2.75, 3.05) is 20.0 Å². The Kier molecular flexibility index (Phi) is 5.15. The number of rotatable bonds is 4. The van der Waals surface area contributed by atoms with Crippen LogP contribution in [0.25, 0.3) is 0 Å². The number of carbonyl (C=O) groups excluding carboxylic acids is 1. The number of hydrogen-bond acceptors (Lipinski definition) is 6. The molecule has 0 spiro atoms. The smallest absolute Gasteiger partial charge is 0.309 e. The van der Waals surface area contributed by atoms with Crippen molar-refractivity contribution in [3.05, 3.63) is 47.5 Å². The maximum absolute atomic E-state index is 12.8. The monoisotopic (exact) mass is 410 g/mol. The molecule has 3 atom stereocenters. The minimum absolute atomic E-state index is 0.0726. The van der Waals surface area contributed by atoms with Crippen LogP contribution in [-0.2, 0) is 22.4 Å². The first-order chi connectivity index (χ1) is 14.7. The number of carbonyl (C=O) groups is 1. The van der Waals surface area contributed by atoms with Crippen LogP contribution in [0.5, 0.6) is 23.0 Å². The Morgan fingerprint density at radius 2 is 1.47 bits per heavy atom. The molecule has 6 heteroatoms. The van der Waals surface area contributed by atoms with Gasteiger partial charge in [-0.2, -0.15) is 0 Å². The third-order valence-corrected chi connectivity index (χ3v) is 6.03. The van der Waals surface area contributed by atoms with Crippen LogP contribution in [0.4, 0.5) is 0 Å². The molecule has 0 amide bonds. The highest BCUT2D eigenvalue weighted by atomic mass is 16.7. The number of esters is 1. The Labute approximate surface area is 176 Å². The van der Waals surface area contributed by atoms with Crippen LogP contribution in [0.2, 0.25) is 0 Å². The Balaban J connectivity index is 1.36. The molecule has 0 bridgehead atoms. The Hall–Kier alpha value is -2.89. The fourth-order valence-electron chi connectivity index (χ4n) is 4.55. The number of ether oxygens (including phenoxy) is 5. The molecule has 3 heterocycles. The second-order valence-corrected chi connectivity index (χ2v) is 8.28. The van der Waals surface area contributed by atoms with E-state index in [0.29, 0.717) is 19.6 Å². The molecule has 3 aliphatic rings. The summed E-state index contributed by atoms with van der Waals surface area (Å²) < 4.78 is 28.1. The van der Waals surface area contributed by atoms with Gasteiger partial charge in [0.2, 0.25) is 6.79 Å². The van der Waals surface area contributed by atoms with Crippen LogP contribution in [0.3, 0.4) is 0 Å². The first-order valence-electron chi connectivity index (χ1n) is 10.6. The van der Waals surface area contributed by atoms with E-state index in [2.05, 4.69) is 6.07 Å². The van der Waals surface area contributed by atoms with E-state index in [1.165, 1.54) is 0 Å². The molecule has 30 heavy (non-hydrogen) atoms. The molecule has 3 aliphatic heterocycles. The van der Waals surface area contributed by atoms with Gasteiger partial charge in [-0.3, -0.25) is 4.79 Å². The van der Waals surface area contributed by atoms with Crippen molar-refractivity contribution < 1.29 is 28.5 Å². The minimum Gasteiger partial charge on any atom is -0.490 e. The van der Waals surface area contributed by atoms with Gasteiger partial charge in [-0.05, 0) is 67.5 Å². The summed E-state index contributed by atoms with van der Waals surface area (Å²) in [5, 5.41) is 0. The summed E-state index contributed by atoms with van der Waals surface area (Å²) in [6.45, 7) is 3.54. The van der Waals surface area contributed by atoms with Gasteiger partial charge in [0.1, 0.15) is 0 Å². The summed E-state index contributed by atoms with van der Waals surface area (Å²) in [5.74, 6) is 2.96. The molecule has 0 N–H and O–H groups in total. The Bertz CT molecular complexity index is 939. The van der Waals surface area contributed by atoms with Crippen LogP contribution < -0.4 is 18.9 Å². The van der Waals surface area contributed by atoms with Crippen LogP contribution in [0.1, 0.15) is 30.9 Å². The topological polar surface area (TPSA) is 63.2 Å². The van der Waals surface area contributed by atoms with Gasteiger partial charge in [-0.15, -0.1) is 0 Å². The Morgan fingerprint density at radius 1 is 0.833 bits per heavy atom. The summed E-state index contributed by atoms with van der Waals surface area (Å²) in [4.78, 5) is 12.8. The molecule has 158 valence electrons. The van der Waals surface area contributed by atoms with Gasteiger partial charge >= 0.3 is 5.97 Å². The van der Waals surface area contributed by atoms with Gasteiger partial charge in [0.05, 0.1) is 25.2 Å². The molecule has 1 unspecified atom stereocenters. The van der Waals surface area contributed by atoms with Crippen LogP contribution in [0.15, 0.2) is 36.4 Å². The molecular formula is C24H26O6. The van der Waals surface area contributed by atoms with Crippen molar-refractivity contribution in [3.63, 3.8) is 0 Å². The molecule has 6 nitrogen and oxygen atoms in total. The number of fused-ring (bicyclic) bond motifs is 2. The average molecular weight is 410 g/mol. The van der Waals surface area contributed by atoms with E-state index in [0.717, 1.165) is 53.4 Å². The largest absolute Gasteiger partial charge is 0.490 e. The van der Waals surface area contributed by atoms with Crippen molar-refractivity contribution in [1.82, 2.24) is 0 Å². The summed E-state index contributed by atoms with van der Waals surface area (Å²) in [5.41, 5.74) is 2.21. The molecule has 1 saturated heterocycles. The first kappa shape index (κ1) is 19.1. The lowest BCUT2D eigenvalue weighted by molar-refractivity contribution is -0.163. The predicted molar refractivity (Wildman–Crippen MR) is 109 cm³/mol. The number of benzene rings is 2. The second kappa shape index (κ2) is 8.09. The van der Waals surface area contributed by atoms with Crippen molar-refractivity contribution in [2.45, 2.75) is 38.7 Å². The number of cyclic esters (lactones) is 1. The van der Waals surface area contributed by atoms with Gasteiger partial charge in [-0.1, -0.05) is 12.1 Å². The van der Waals surface area contributed by atoms with Crippen molar-refractivity contribution in [1.29, 1.82) is 0 Å². The zero-order chi connectivity index (χ0) is 20.5. The maximum atomic E-state index is 12.8. The summed E-state index contributed by atoms with van der Waals surface area (Å²) >= 11 is 0. The normalized spacial score (nSPS) is 24.8. The molecule has 0 aromatic heterocycles. The van der Waals surface area contributed by atoms with E-state index in [1.54, 1.807) is 0 Å². The molecule has 2 aromatic carbocycles. The van der Waals surface area contributed by atoms with Gasteiger partial charge in [0, 0.05) is 6.42 Å². The van der Waals surface area contributed by atoms with E-state index in [1.807, 2.05) is 37.3 Å².